The van der Waals surface area contributed by atoms with E-state index in [0.29, 0.717) is 49.7 Å². The van der Waals surface area contributed by atoms with Gasteiger partial charge in [0.25, 0.3) is 5.91 Å². The second-order valence-corrected chi connectivity index (χ2v) is 15.4. The predicted octanol–water partition coefficient (Wildman–Crippen LogP) is 6.85. The van der Waals surface area contributed by atoms with E-state index in [1.807, 2.05) is 24.3 Å². The van der Waals surface area contributed by atoms with Crippen molar-refractivity contribution in [3.63, 3.8) is 0 Å². The van der Waals surface area contributed by atoms with Crippen molar-refractivity contribution in [1.82, 2.24) is 14.5 Å². The fraction of sp³-hybridized carbons (Fsp3) is 0.486. The van der Waals surface area contributed by atoms with E-state index in [1.54, 1.807) is 37.2 Å². The summed E-state index contributed by atoms with van der Waals surface area (Å²) in [6.45, 7) is 4.00. The smallest absolute Gasteiger partial charge is 0.286 e. The first-order chi connectivity index (χ1) is 23.7. The number of halogens is 1. The Morgan fingerprint density at radius 2 is 2.00 bits per heavy atom. The molecular weight excluding hydrogens is 662 g/mol. The zero-order chi connectivity index (χ0) is 34.8. The van der Waals surface area contributed by atoms with Gasteiger partial charge in [0.05, 0.1) is 24.2 Å². The van der Waals surface area contributed by atoms with E-state index in [1.165, 1.54) is 11.1 Å². The lowest BCUT2D eigenvalue weighted by atomic mass is 9.95. The summed E-state index contributed by atoms with van der Waals surface area (Å²) in [5.74, 6) is -0.0826. The minimum atomic E-state index is -3.42. The van der Waals surface area contributed by atoms with Crippen molar-refractivity contribution >= 4 is 39.0 Å². The van der Waals surface area contributed by atoms with Gasteiger partial charge in [-0.1, -0.05) is 43.2 Å². The van der Waals surface area contributed by atoms with Crippen LogP contribution in [0, 0.1) is 5.92 Å². The van der Waals surface area contributed by atoms with Gasteiger partial charge < -0.3 is 14.4 Å². The van der Waals surface area contributed by atoms with Gasteiger partial charge in [0.15, 0.2) is 0 Å². The van der Waals surface area contributed by atoms with Gasteiger partial charge >= 0.3 is 0 Å². The topological polar surface area (TPSA) is 115 Å². The second-order valence-electron chi connectivity index (χ2n) is 12.8. The molecule has 49 heavy (non-hydrogen) atoms. The molecule has 3 atom stereocenters. The molecule has 12 heteroatoms. The van der Waals surface area contributed by atoms with Gasteiger partial charge in [0, 0.05) is 56.1 Å². The molecular formula is C37H48ClN5O5S. The second kappa shape index (κ2) is 17.3. The number of hydrogen-bond donors (Lipinski definition) is 1. The van der Waals surface area contributed by atoms with Crippen molar-refractivity contribution in [3.8, 4) is 5.75 Å². The van der Waals surface area contributed by atoms with Crippen LogP contribution in [0.4, 0.5) is 5.69 Å². The number of benzene rings is 2. The fourth-order valence-electron chi connectivity index (χ4n) is 6.39. The van der Waals surface area contributed by atoms with Crippen molar-refractivity contribution in [3.05, 3.63) is 88.2 Å². The number of nitrogens with zero attached hydrogens (tertiary/aromatic N) is 4. The number of hydrogen-bond acceptors (Lipinski definition) is 7. The highest BCUT2D eigenvalue weighted by atomic mass is 35.5. The van der Waals surface area contributed by atoms with Gasteiger partial charge in [0.2, 0.25) is 5.91 Å². The van der Waals surface area contributed by atoms with Crippen molar-refractivity contribution in [2.45, 2.75) is 77.4 Å². The number of ether oxygens (including phenoxy) is 2. The molecule has 2 amide bonds. The maximum absolute atomic E-state index is 14.2. The van der Waals surface area contributed by atoms with E-state index in [0.717, 1.165) is 43.5 Å². The highest BCUT2D eigenvalue weighted by Crippen LogP contribution is 2.35. The third kappa shape index (κ3) is 10.2. The van der Waals surface area contributed by atoms with Gasteiger partial charge in [0.1, 0.15) is 15.7 Å². The van der Waals surface area contributed by atoms with Gasteiger partial charge in [-0.25, -0.2) is 4.21 Å². The zero-order valence-corrected chi connectivity index (χ0v) is 30.3. The van der Waals surface area contributed by atoms with E-state index in [-0.39, 0.29) is 29.8 Å². The van der Waals surface area contributed by atoms with Crippen LogP contribution in [0.3, 0.4) is 0 Å². The van der Waals surface area contributed by atoms with Gasteiger partial charge in [-0.2, -0.15) is 5.10 Å². The van der Waals surface area contributed by atoms with Crippen LogP contribution >= 0.6 is 11.6 Å². The van der Waals surface area contributed by atoms with Crippen molar-refractivity contribution in [2.75, 3.05) is 30.9 Å². The summed E-state index contributed by atoms with van der Waals surface area (Å²) in [6, 6.07) is 13.2. The first kappa shape index (κ1) is 36.6. The summed E-state index contributed by atoms with van der Waals surface area (Å²) in [5.41, 5.74) is 4.30. The molecule has 0 fully saturated rings. The number of aromatic nitrogens is 2. The van der Waals surface area contributed by atoms with E-state index in [9.17, 15) is 13.8 Å². The maximum Gasteiger partial charge on any atom is 0.286 e. The van der Waals surface area contributed by atoms with Crippen LogP contribution in [0.5, 0.6) is 5.75 Å². The highest BCUT2D eigenvalue weighted by molar-refractivity contribution is 7.92. The summed E-state index contributed by atoms with van der Waals surface area (Å²) in [5, 5.41) is 4.86. The summed E-state index contributed by atoms with van der Waals surface area (Å²) in [6.07, 6.45) is 11.7. The van der Waals surface area contributed by atoms with Gasteiger partial charge in [-0.05, 0) is 98.4 Å². The first-order valence-corrected chi connectivity index (χ1v) is 19.3. The number of nitrogens with one attached hydrogen (secondary N) is 1. The average Bonchev–Trinajstić information content (AvgIpc) is 3.48. The Hall–Kier alpha value is -3.67. The van der Waals surface area contributed by atoms with Crippen LogP contribution in [0.15, 0.2) is 65.2 Å². The lowest BCUT2D eigenvalue weighted by Gasteiger charge is -2.32. The monoisotopic (exact) mass is 709 g/mol. The normalized spacial score (nSPS) is 22.9. The molecule has 10 nitrogen and oxygen atoms in total. The third-order valence-electron chi connectivity index (χ3n) is 9.28. The van der Waals surface area contributed by atoms with Crippen LogP contribution in [-0.4, -0.2) is 57.9 Å². The average molecular weight is 710 g/mol. The zero-order valence-electron chi connectivity index (χ0n) is 28.7. The summed E-state index contributed by atoms with van der Waals surface area (Å²) in [4.78, 5) is 29.2. The molecule has 5 rings (SSSR count). The van der Waals surface area contributed by atoms with Gasteiger partial charge in [-0.15, -0.1) is 4.36 Å². The molecule has 0 spiro atoms. The number of carbonyl (C=O) groups is 2. The van der Waals surface area contributed by atoms with Crippen LogP contribution in [0.1, 0.15) is 79.0 Å². The van der Waals surface area contributed by atoms with E-state index in [2.05, 4.69) is 44.2 Å². The number of carbonyl (C=O) groups excluding carboxylic acids is 2. The largest absolute Gasteiger partial charge is 0.491 e. The molecule has 2 bridgehead atoms. The predicted molar refractivity (Wildman–Crippen MR) is 194 cm³/mol. The first-order valence-electron chi connectivity index (χ1n) is 17.2. The Morgan fingerprint density at radius 3 is 2.78 bits per heavy atom. The van der Waals surface area contributed by atoms with E-state index >= 15 is 0 Å². The Morgan fingerprint density at radius 1 is 1.14 bits per heavy atom. The minimum Gasteiger partial charge on any atom is -0.491 e. The van der Waals surface area contributed by atoms with Crippen molar-refractivity contribution in [1.29, 1.82) is 0 Å². The summed E-state index contributed by atoms with van der Waals surface area (Å²) < 4.78 is 35.0. The summed E-state index contributed by atoms with van der Waals surface area (Å²) >= 11 is 6.45. The number of fused-ring (bicyclic) bond motifs is 2. The van der Waals surface area contributed by atoms with Crippen LogP contribution in [0.25, 0.3) is 0 Å². The fourth-order valence-corrected chi connectivity index (χ4v) is 8.21. The molecule has 1 N–H and O–H groups in total. The number of allylic oxidation sites excluding steroid dienone is 1. The lowest BCUT2D eigenvalue weighted by Crippen LogP contribution is -2.33. The Bertz CT molecular complexity index is 1770. The molecule has 0 saturated carbocycles. The molecule has 0 saturated heterocycles. The van der Waals surface area contributed by atoms with Crippen LogP contribution < -0.4 is 14.4 Å². The minimum absolute atomic E-state index is 0.0370. The molecule has 0 aliphatic carbocycles. The SMILES string of the molecule is CC[C@@H]1C[C@@H](OC)/C=C/CCCS(=O)(NC(=O)CCc2ccnn2C)=NC(=O)c2ccc3c(c2)N(Cc2ccc(Cl)cc2CCCCO3)C1. The number of methoxy groups -OCH3 is 1. The number of amides is 2. The van der Waals surface area contributed by atoms with Crippen molar-refractivity contribution < 1.29 is 23.3 Å². The standard InChI is InChI=1S/C37H48ClN5O5S/c1-4-27-22-33(47-3)11-6-5-9-21-49(46,40-36(44)17-15-32-18-19-39-42(32)2)41-37(45)29-13-16-35-34(24-29)43(25-27)26-30-12-14-31(38)23-28(30)10-7-8-20-48-35/h6,11-14,16,18-19,23-24,27,33H,4-5,7-10,15,17,20-22,25-26H2,1-3H3,(H,40,41,44,45,46)/b11-6+/t27-,33+,49?/m1/s1. The van der Waals surface area contributed by atoms with E-state index in [4.69, 9.17) is 21.1 Å². The lowest BCUT2D eigenvalue weighted by molar-refractivity contribution is -0.119. The third-order valence-corrected chi connectivity index (χ3v) is 11.4. The Kier molecular flexibility index (Phi) is 12.9. The van der Waals surface area contributed by atoms with Crippen LogP contribution in [0.2, 0.25) is 5.02 Å². The quantitative estimate of drug-likeness (QED) is 0.279. The Balaban J connectivity index is 1.55. The number of aryl methyl sites for hydroxylation is 3. The summed E-state index contributed by atoms with van der Waals surface area (Å²) in [7, 11) is 0.106. The van der Waals surface area contributed by atoms with Gasteiger partial charge in [-0.3, -0.25) is 19.0 Å². The number of rotatable bonds is 6. The molecule has 1 unspecified atom stereocenters. The molecule has 0 radical (unpaired) electrons. The molecule has 1 aromatic heterocycles. The molecule has 2 aromatic carbocycles. The molecule has 264 valence electrons. The molecule has 2 aliphatic rings. The number of anilines is 1. The maximum atomic E-state index is 14.2. The molecule has 3 aromatic rings. The molecule has 3 heterocycles. The molecule has 2 aliphatic heterocycles. The van der Waals surface area contributed by atoms with Crippen LogP contribution in [-0.2, 0) is 45.9 Å². The van der Waals surface area contributed by atoms with E-state index < -0.39 is 21.7 Å². The van der Waals surface area contributed by atoms with Crippen molar-refractivity contribution in [2.24, 2.45) is 17.3 Å². The highest BCUT2D eigenvalue weighted by Gasteiger charge is 2.24. The Labute approximate surface area is 295 Å².